The zero-order valence-corrected chi connectivity index (χ0v) is 16.3. The maximum Gasteiger partial charge on any atom is 0.291 e. The smallest absolute Gasteiger partial charge is 0.291 e. The van der Waals surface area contributed by atoms with Crippen molar-refractivity contribution >= 4 is 23.2 Å². The number of aromatic nitrogens is 2. The minimum Gasteiger partial charge on any atom is -0.324 e. The molecule has 0 aliphatic rings. The van der Waals surface area contributed by atoms with Crippen LogP contribution in [0.2, 0.25) is 0 Å². The lowest BCUT2D eigenvalue weighted by Crippen LogP contribution is -2.36. The molecule has 148 valence electrons. The Morgan fingerprint density at radius 3 is 2.21 bits per heavy atom. The number of rotatable bonds is 6. The Bertz CT molecular complexity index is 1060. The van der Waals surface area contributed by atoms with Crippen LogP contribution in [-0.2, 0) is 9.59 Å². The van der Waals surface area contributed by atoms with Gasteiger partial charge < -0.3 is 10.6 Å². The van der Waals surface area contributed by atoms with Crippen LogP contribution in [0.1, 0.15) is 26.3 Å². The lowest BCUT2D eigenvalue weighted by molar-refractivity contribution is -0.119. The van der Waals surface area contributed by atoms with Crippen LogP contribution in [-0.4, -0.2) is 21.6 Å². The fraction of sp³-hybridized carbons (Fsp3) is 0.182. The van der Waals surface area contributed by atoms with Crippen molar-refractivity contribution in [3.63, 3.8) is 0 Å². The van der Waals surface area contributed by atoms with Gasteiger partial charge in [0.1, 0.15) is 11.7 Å². The molecule has 7 heteroatoms. The van der Waals surface area contributed by atoms with Crippen molar-refractivity contribution in [1.82, 2.24) is 9.78 Å². The molecular formula is C22H22N4O3. The molecule has 1 atom stereocenters. The highest BCUT2D eigenvalue weighted by atomic mass is 16.2. The first-order chi connectivity index (χ1) is 14.0. The van der Waals surface area contributed by atoms with E-state index in [-0.39, 0.29) is 17.5 Å². The van der Waals surface area contributed by atoms with Crippen molar-refractivity contribution in [3.8, 4) is 11.3 Å². The third-order valence-corrected chi connectivity index (χ3v) is 4.34. The summed E-state index contributed by atoms with van der Waals surface area (Å²) in [4.78, 5) is 37.4. The van der Waals surface area contributed by atoms with Crippen molar-refractivity contribution in [2.45, 2.75) is 26.3 Å². The number of carbonyl (C=O) groups excluding carboxylic acids is 2. The number of benzene rings is 2. The van der Waals surface area contributed by atoms with E-state index in [0.717, 1.165) is 10.2 Å². The molecule has 0 bridgehead atoms. The highest BCUT2D eigenvalue weighted by molar-refractivity contribution is 5.94. The molecule has 1 aromatic heterocycles. The number of nitrogens with one attached hydrogen (secondary N) is 2. The van der Waals surface area contributed by atoms with Gasteiger partial charge in [0.05, 0.1) is 5.69 Å². The number of hydrogen-bond donors (Lipinski definition) is 2. The number of carbonyl (C=O) groups is 2. The van der Waals surface area contributed by atoms with E-state index in [0.29, 0.717) is 17.8 Å². The van der Waals surface area contributed by atoms with E-state index in [2.05, 4.69) is 15.7 Å². The van der Waals surface area contributed by atoms with Gasteiger partial charge in [-0.1, -0.05) is 55.5 Å². The standard InChI is InChI=1S/C22H22N4O3/c1-3-20(21(28)24-17-12-8-5-9-13-17)26-22(29)19(23-15(2)27)14-18(25-26)16-10-6-4-7-11-16/h4-14,20H,3H2,1-2H3,(H,23,27)(H,24,28). The van der Waals surface area contributed by atoms with Crippen LogP contribution in [0.3, 0.4) is 0 Å². The summed E-state index contributed by atoms with van der Waals surface area (Å²) in [5, 5.41) is 9.80. The van der Waals surface area contributed by atoms with E-state index in [1.165, 1.54) is 13.0 Å². The van der Waals surface area contributed by atoms with Crippen LogP contribution in [0, 0.1) is 0 Å². The fourth-order valence-electron chi connectivity index (χ4n) is 2.97. The van der Waals surface area contributed by atoms with E-state index in [1.54, 1.807) is 19.1 Å². The molecule has 0 radical (unpaired) electrons. The fourth-order valence-corrected chi connectivity index (χ4v) is 2.97. The maximum absolute atomic E-state index is 13.0. The van der Waals surface area contributed by atoms with Crippen molar-refractivity contribution in [2.24, 2.45) is 0 Å². The highest BCUT2D eigenvalue weighted by Gasteiger charge is 2.23. The largest absolute Gasteiger partial charge is 0.324 e. The molecule has 1 heterocycles. The van der Waals surface area contributed by atoms with Crippen molar-refractivity contribution < 1.29 is 9.59 Å². The molecule has 0 spiro atoms. The van der Waals surface area contributed by atoms with Gasteiger partial charge in [0.2, 0.25) is 11.8 Å². The van der Waals surface area contributed by atoms with Gasteiger partial charge in [-0.05, 0) is 24.6 Å². The Morgan fingerprint density at radius 2 is 1.62 bits per heavy atom. The summed E-state index contributed by atoms with van der Waals surface area (Å²) in [6, 6.07) is 19.0. The summed E-state index contributed by atoms with van der Waals surface area (Å²) in [6.45, 7) is 3.13. The van der Waals surface area contributed by atoms with Crippen LogP contribution in [0.25, 0.3) is 11.3 Å². The number of para-hydroxylation sites is 1. The molecule has 0 fully saturated rings. The molecule has 3 aromatic rings. The summed E-state index contributed by atoms with van der Waals surface area (Å²) >= 11 is 0. The number of anilines is 2. The second kappa shape index (κ2) is 8.97. The van der Waals surface area contributed by atoms with E-state index < -0.39 is 11.6 Å². The van der Waals surface area contributed by atoms with Gasteiger partial charge in [-0.25, -0.2) is 4.68 Å². The number of amides is 2. The first kappa shape index (κ1) is 20.0. The Hall–Kier alpha value is -3.74. The first-order valence-electron chi connectivity index (χ1n) is 9.32. The molecule has 0 aliphatic heterocycles. The molecule has 2 aromatic carbocycles. The van der Waals surface area contributed by atoms with Crippen molar-refractivity contribution in [1.29, 1.82) is 0 Å². The lowest BCUT2D eigenvalue weighted by Gasteiger charge is -2.19. The van der Waals surface area contributed by atoms with Crippen LogP contribution < -0.4 is 16.2 Å². The predicted octanol–water partition coefficient (Wildman–Crippen LogP) is 3.46. The quantitative estimate of drug-likeness (QED) is 0.674. The third kappa shape index (κ3) is 4.76. The normalized spacial score (nSPS) is 11.5. The summed E-state index contributed by atoms with van der Waals surface area (Å²) < 4.78 is 1.14. The van der Waals surface area contributed by atoms with Gasteiger partial charge in [-0.15, -0.1) is 0 Å². The molecule has 1 unspecified atom stereocenters. The first-order valence-corrected chi connectivity index (χ1v) is 9.32. The molecule has 7 nitrogen and oxygen atoms in total. The SMILES string of the molecule is CCC(C(=O)Nc1ccccc1)n1nc(-c2ccccc2)cc(NC(C)=O)c1=O. The average molecular weight is 390 g/mol. The van der Waals surface area contributed by atoms with E-state index in [1.807, 2.05) is 48.5 Å². The van der Waals surface area contributed by atoms with Gasteiger partial charge in [0.15, 0.2) is 0 Å². The second-order valence-corrected chi connectivity index (χ2v) is 6.52. The second-order valence-electron chi connectivity index (χ2n) is 6.52. The topological polar surface area (TPSA) is 93.1 Å². The minimum absolute atomic E-state index is 0.0808. The van der Waals surface area contributed by atoms with Gasteiger partial charge in [-0.3, -0.25) is 14.4 Å². The predicted molar refractivity (Wildman–Crippen MR) is 113 cm³/mol. The van der Waals surface area contributed by atoms with Crippen LogP contribution >= 0.6 is 0 Å². The Morgan fingerprint density at radius 1 is 1.00 bits per heavy atom. The van der Waals surface area contributed by atoms with Crippen LogP contribution in [0.5, 0.6) is 0 Å². The molecule has 2 N–H and O–H groups in total. The van der Waals surface area contributed by atoms with Crippen molar-refractivity contribution in [2.75, 3.05) is 10.6 Å². The summed E-state index contributed by atoms with van der Waals surface area (Å²) in [6.07, 6.45) is 0.351. The highest BCUT2D eigenvalue weighted by Crippen LogP contribution is 2.20. The molecular weight excluding hydrogens is 368 g/mol. The van der Waals surface area contributed by atoms with E-state index >= 15 is 0 Å². The zero-order valence-electron chi connectivity index (χ0n) is 16.3. The maximum atomic E-state index is 13.0. The summed E-state index contributed by atoms with van der Waals surface area (Å²) in [7, 11) is 0. The Labute approximate surface area is 168 Å². The van der Waals surface area contributed by atoms with Gasteiger partial charge >= 0.3 is 0 Å². The summed E-state index contributed by atoms with van der Waals surface area (Å²) in [5.74, 6) is -0.729. The van der Waals surface area contributed by atoms with Gasteiger partial charge in [-0.2, -0.15) is 5.10 Å². The lowest BCUT2D eigenvalue weighted by atomic mass is 10.1. The zero-order chi connectivity index (χ0) is 20.8. The Kier molecular flexibility index (Phi) is 6.19. The Balaban J connectivity index is 2.06. The average Bonchev–Trinajstić information content (AvgIpc) is 2.72. The van der Waals surface area contributed by atoms with Gasteiger partial charge in [0, 0.05) is 18.2 Å². The monoisotopic (exact) mass is 390 g/mol. The molecule has 3 rings (SSSR count). The van der Waals surface area contributed by atoms with E-state index in [4.69, 9.17) is 0 Å². The number of nitrogens with zero attached hydrogens (tertiary/aromatic N) is 2. The number of hydrogen-bond acceptors (Lipinski definition) is 4. The van der Waals surface area contributed by atoms with Crippen LogP contribution in [0.15, 0.2) is 71.5 Å². The minimum atomic E-state index is -0.834. The van der Waals surface area contributed by atoms with Crippen LogP contribution in [0.4, 0.5) is 11.4 Å². The molecule has 0 saturated carbocycles. The summed E-state index contributed by atoms with van der Waals surface area (Å²) in [5.41, 5.74) is 1.43. The molecule has 29 heavy (non-hydrogen) atoms. The molecule has 0 aliphatic carbocycles. The third-order valence-electron chi connectivity index (χ3n) is 4.34. The van der Waals surface area contributed by atoms with E-state index in [9.17, 15) is 14.4 Å². The molecule has 0 saturated heterocycles. The molecule has 2 amide bonds. The van der Waals surface area contributed by atoms with Crippen molar-refractivity contribution in [3.05, 3.63) is 77.1 Å². The van der Waals surface area contributed by atoms with Gasteiger partial charge in [0.25, 0.3) is 5.56 Å².